The highest BCUT2D eigenvalue weighted by atomic mass is 19.1. The molecule has 0 radical (unpaired) electrons. The van der Waals surface area contributed by atoms with Gasteiger partial charge in [0.15, 0.2) is 6.61 Å². The molecule has 0 spiro atoms. The van der Waals surface area contributed by atoms with Crippen molar-refractivity contribution in [1.29, 1.82) is 0 Å². The van der Waals surface area contributed by atoms with E-state index in [1.165, 1.54) is 6.07 Å². The number of hydrogen-bond acceptors (Lipinski definition) is 4. The molecule has 1 aliphatic heterocycles. The third kappa shape index (κ3) is 4.73. The van der Waals surface area contributed by atoms with E-state index >= 15 is 0 Å². The molecule has 1 unspecified atom stereocenters. The maximum Gasteiger partial charge on any atom is 0.417 e. The summed E-state index contributed by atoms with van der Waals surface area (Å²) in [5.74, 6) is -0.933. The quantitative estimate of drug-likeness (QED) is 0.796. The number of cyclic esters (lactones) is 1. The Labute approximate surface area is 162 Å². The number of nitrogens with one attached hydrogen (secondary N) is 1. The molecule has 1 saturated heterocycles. The Bertz CT molecular complexity index is 869. The van der Waals surface area contributed by atoms with E-state index in [1.54, 1.807) is 19.1 Å². The van der Waals surface area contributed by atoms with Crippen molar-refractivity contribution in [1.82, 2.24) is 10.2 Å². The number of rotatable bonds is 7. The molecule has 6 nitrogen and oxygen atoms in total. The van der Waals surface area contributed by atoms with Crippen LogP contribution in [0.5, 0.6) is 0 Å². The largest absolute Gasteiger partial charge is 0.439 e. The van der Waals surface area contributed by atoms with Crippen LogP contribution in [0.3, 0.4) is 0 Å². The highest BCUT2D eigenvalue weighted by molar-refractivity contribution is 5.97. The van der Waals surface area contributed by atoms with E-state index in [9.17, 15) is 18.8 Å². The lowest BCUT2D eigenvalue weighted by molar-refractivity contribution is -0.127. The fraction of sp³-hybridized carbons (Fsp3) is 0.286. The van der Waals surface area contributed by atoms with E-state index in [0.717, 1.165) is 16.0 Å². The van der Waals surface area contributed by atoms with Crippen molar-refractivity contribution in [3.05, 3.63) is 71.0 Å². The third-order valence-electron chi connectivity index (χ3n) is 4.61. The first-order chi connectivity index (χ1) is 13.4. The lowest BCUT2D eigenvalue weighted by Crippen LogP contribution is -2.40. The van der Waals surface area contributed by atoms with E-state index in [2.05, 4.69) is 5.32 Å². The molecular formula is C21H21FN2O4. The van der Waals surface area contributed by atoms with Gasteiger partial charge in [-0.3, -0.25) is 9.59 Å². The number of amides is 3. The molecule has 146 valence electrons. The van der Waals surface area contributed by atoms with Crippen LogP contribution in [0.4, 0.5) is 9.18 Å². The van der Waals surface area contributed by atoms with Gasteiger partial charge in [-0.25, -0.2) is 14.1 Å². The number of carbonyl (C=O) groups excluding carboxylic acids is 3. The van der Waals surface area contributed by atoms with Gasteiger partial charge < -0.3 is 10.1 Å². The van der Waals surface area contributed by atoms with Gasteiger partial charge in [-0.05, 0) is 36.1 Å². The van der Waals surface area contributed by atoms with Crippen LogP contribution >= 0.6 is 0 Å². The number of hydrogen-bond donors (Lipinski definition) is 1. The summed E-state index contributed by atoms with van der Waals surface area (Å²) in [4.78, 5) is 37.1. The molecule has 1 N–H and O–H groups in total. The Balaban J connectivity index is 1.66. The van der Waals surface area contributed by atoms with Gasteiger partial charge in [-0.15, -0.1) is 0 Å². The predicted molar refractivity (Wildman–Crippen MR) is 99.8 cm³/mol. The van der Waals surface area contributed by atoms with Gasteiger partial charge in [0.25, 0.3) is 5.91 Å². The first kappa shape index (κ1) is 19.5. The third-order valence-corrected chi connectivity index (χ3v) is 4.61. The molecule has 1 atom stereocenters. The predicted octanol–water partition coefficient (Wildman–Crippen LogP) is 2.90. The minimum atomic E-state index is -0.707. The summed E-state index contributed by atoms with van der Waals surface area (Å²) in [6, 6.07) is 13.3. The van der Waals surface area contributed by atoms with Crippen molar-refractivity contribution < 1.29 is 23.5 Å². The maximum absolute atomic E-state index is 13.4. The number of carbonyl (C=O) groups is 3. The molecule has 3 rings (SSSR count). The van der Waals surface area contributed by atoms with Crippen LogP contribution in [0, 0.1) is 12.7 Å². The minimum Gasteiger partial charge on any atom is -0.439 e. The standard InChI is InChI=1S/C21H21FN2O4/c1-14-11-15(7-9-17(14)22)8-10-19(25)23-18(16-5-3-2-4-6-16)12-24-20(26)13-28-21(24)27/h2-7,9,11,18H,8,10,12-13H2,1H3,(H,23,25). The van der Waals surface area contributed by atoms with Crippen LogP contribution < -0.4 is 5.32 Å². The zero-order valence-electron chi connectivity index (χ0n) is 15.5. The van der Waals surface area contributed by atoms with Crippen molar-refractivity contribution >= 4 is 17.9 Å². The zero-order valence-corrected chi connectivity index (χ0v) is 15.5. The first-order valence-electron chi connectivity index (χ1n) is 9.00. The Morgan fingerprint density at radius 2 is 1.96 bits per heavy atom. The average Bonchev–Trinajstić information content (AvgIpc) is 3.01. The highest BCUT2D eigenvalue weighted by Crippen LogP contribution is 2.18. The fourth-order valence-electron chi connectivity index (χ4n) is 3.05. The summed E-state index contributed by atoms with van der Waals surface area (Å²) in [6.45, 7) is 1.40. The van der Waals surface area contributed by atoms with Crippen LogP contribution in [-0.4, -0.2) is 36.0 Å². The summed E-state index contributed by atoms with van der Waals surface area (Å²) >= 11 is 0. The van der Waals surface area contributed by atoms with E-state index in [0.29, 0.717) is 12.0 Å². The van der Waals surface area contributed by atoms with Crippen molar-refractivity contribution in [2.75, 3.05) is 13.2 Å². The van der Waals surface area contributed by atoms with E-state index in [-0.39, 0.29) is 31.3 Å². The highest BCUT2D eigenvalue weighted by Gasteiger charge is 2.33. The lowest BCUT2D eigenvalue weighted by Gasteiger charge is -2.23. The van der Waals surface area contributed by atoms with E-state index in [1.807, 2.05) is 30.3 Å². The molecule has 1 aliphatic rings. The van der Waals surface area contributed by atoms with Crippen molar-refractivity contribution in [2.24, 2.45) is 0 Å². The fourth-order valence-corrected chi connectivity index (χ4v) is 3.05. The zero-order chi connectivity index (χ0) is 20.1. The second-order valence-electron chi connectivity index (χ2n) is 6.67. The summed E-state index contributed by atoms with van der Waals surface area (Å²) in [5.41, 5.74) is 2.18. The van der Waals surface area contributed by atoms with Gasteiger partial charge in [0, 0.05) is 6.42 Å². The average molecular weight is 384 g/mol. The molecule has 0 saturated carbocycles. The first-order valence-corrected chi connectivity index (χ1v) is 9.00. The Hall–Kier alpha value is -3.22. The molecule has 0 aliphatic carbocycles. The number of ether oxygens (including phenoxy) is 1. The molecule has 3 amide bonds. The summed E-state index contributed by atoms with van der Waals surface area (Å²) < 4.78 is 18.1. The van der Waals surface area contributed by atoms with Crippen molar-refractivity contribution in [3.8, 4) is 0 Å². The molecule has 7 heteroatoms. The maximum atomic E-state index is 13.4. The van der Waals surface area contributed by atoms with Crippen LogP contribution in [0.25, 0.3) is 0 Å². The molecular weight excluding hydrogens is 363 g/mol. The van der Waals surface area contributed by atoms with Gasteiger partial charge in [0.1, 0.15) is 5.82 Å². The Morgan fingerprint density at radius 1 is 1.21 bits per heavy atom. The number of benzene rings is 2. The summed E-state index contributed by atoms with van der Waals surface area (Å²) in [7, 11) is 0. The second-order valence-corrected chi connectivity index (χ2v) is 6.67. The lowest BCUT2D eigenvalue weighted by atomic mass is 10.0. The Morgan fingerprint density at radius 3 is 2.61 bits per heavy atom. The monoisotopic (exact) mass is 384 g/mol. The number of imide groups is 1. The molecule has 0 bridgehead atoms. The van der Waals surface area contributed by atoms with Gasteiger partial charge in [-0.1, -0.05) is 42.5 Å². The topological polar surface area (TPSA) is 75.7 Å². The van der Waals surface area contributed by atoms with Crippen LogP contribution in [0.1, 0.15) is 29.2 Å². The molecule has 28 heavy (non-hydrogen) atoms. The van der Waals surface area contributed by atoms with Crippen LogP contribution in [-0.2, 0) is 20.7 Å². The van der Waals surface area contributed by atoms with Crippen molar-refractivity contribution in [3.63, 3.8) is 0 Å². The van der Waals surface area contributed by atoms with Gasteiger partial charge in [-0.2, -0.15) is 0 Å². The number of nitrogens with zero attached hydrogens (tertiary/aromatic N) is 1. The van der Waals surface area contributed by atoms with E-state index < -0.39 is 18.0 Å². The number of aryl methyl sites for hydroxylation is 2. The van der Waals surface area contributed by atoms with Gasteiger partial charge in [0.2, 0.25) is 5.91 Å². The molecule has 1 heterocycles. The molecule has 2 aromatic rings. The summed E-state index contributed by atoms with van der Waals surface area (Å²) in [5, 5.41) is 2.88. The molecule has 1 fully saturated rings. The Kier molecular flexibility index (Phi) is 6.03. The van der Waals surface area contributed by atoms with Gasteiger partial charge in [0.05, 0.1) is 12.6 Å². The number of halogens is 1. The SMILES string of the molecule is Cc1cc(CCC(=O)NC(CN2C(=O)COC2=O)c2ccccc2)ccc1F. The van der Waals surface area contributed by atoms with Crippen LogP contribution in [0.2, 0.25) is 0 Å². The molecule has 2 aromatic carbocycles. The second kappa shape index (κ2) is 8.65. The normalized spacial score (nSPS) is 14.7. The minimum absolute atomic E-state index is 0.00305. The van der Waals surface area contributed by atoms with Crippen LogP contribution in [0.15, 0.2) is 48.5 Å². The smallest absolute Gasteiger partial charge is 0.417 e. The van der Waals surface area contributed by atoms with Gasteiger partial charge >= 0.3 is 6.09 Å². The molecule has 0 aromatic heterocycles. The summed E-state index contributed by atoms with van der Waals surface area (Å²) in [6.07, 6.45) is -0.0478. The van der Waals surface area contributed by atoms with E-state index in [4.69, 9.17) is 4.74 Å². The van der Waals surface area contributed by atoms with Crippen molar-refractivity contribution in [2.45, 2.75) is 25.8 Å².